The number of nitrogens with zero attached hydrogens (tertiary/aromatic N) is 6. The molecule has 3 heterocycles. The fourth-order valence-electron chi connectivity index (χ4n) is 4.38. The Morgan fingerprint density at radius 3 is 2.27 bits per heavy atom. The molecule has 7 heteroatoms. The number of pyridine rings is 1. The van der Waals surface area contributed by atoms with E-state index in [1.54, 1.807) is 7.05 Å². The summed E-state index contributed by atoms with van der Waals surface area (Å²) in [6.45, 7) is 13.4. The first-order valence-electron chi connectivity index (χ1n) is 14.1. The quantitative estimate of drug-likeness (QED) is 0.360. The second-order valence-corrected chi connectivity index (χ2v) is 9.54. The van der Waals surface area contributed by atoms with Crippen molar-refractivity contribution in [2.75, 3.05) is 38.1 Å². The highest BCUT2D eigenvalue weighted by Gasteiger charge is 2.24. The molecule has 1 radical (unpaired) electrons. The van der Waals surface area contributed by atoms with Gasteiger partial charge in [-0.3, -0.25) is 19.5 Å². The lowest BCUT2D eigenvalue weighted by Gasteiger charge is -2.35. The molecule has 1 aromatic carbocycles. The van der Waals surface area contributed by atoms with Crippen LogP contribution in [0.4, 0.5) is 5.82 Å². The van der Waals surface area contributed by atoms with Crippen LogP contribution in [-0.2, 0) is 11.8 Å². The highest BCUT2D eigenvalue weighted by molar-refractivity contribution is 6.10. The third kappa shape index (κ3) is 8.25. The SMILES string of the molecule is CC.CCC(=O)N1CCN(c2cc(C3=C[CH]3)nn2C)CC1.CN=C(/C=C(\C)c1ccccc1)c1ccc(C)cn1. The van der Waals surface area contributed by atoms with Crippen LogP contribution in [0.5, 0.6) is 0 Å². The number of allylic oxidation sites excluding steroid dienone is 4. The van der Waals surface area contributed by atoms with E-state index in [0.29, 0.717) is 6.42 Å². The molecule has 7 nitrogen and oxygen atoms in total. The van der Waals surface area contributed by atoms with E-state index in [-0.39, 0.29) is 5.91 Å². The standard InChI is InChI=1S/C17H18N2.C14H19N4O.C2H6/c1-13-9-10-16(19-12-13)17(18-3)11-14(2)15-7-5-4-6-8-15;1-3-14(19)18-8-6-17(7-9-18)13-10-12(11-4-5-11)15-16(13)2;1-2/h4-12H,1-3H3;4-5,10H,3,6-9H2,1-2H3;1-2H3/b14-11+,18-17?;;. The van der Waals surface area contributed by atoms with Crippen LogP contribution in [0.15, 0.2) is 71.9 Å². The monoisotopic (exact) mass is 539 g/mol. The average molecular weight is 540 g/mol. The fourth-order valence-corrected chi connectivity index (χ4v) is 4.38. The van der Waals surface area contributed by atoms with Crippen molar-refractivity contribution in [1.82, 2.24) is 19.7 Å². The third-order valence-electron chi connectivity index (χ3n) is 6.74. The molecule has 1 amide bonds. The predicted molar refractivity (Wildman–Crippen MR) is 167 cm³/mol. The van der Waals surface area contributed by atoms with Crippen LogP contribution >= 0.6 is 0 Å². The maximum absolute atomic E-state index is 11.7. The van der Waals surface area contributed by atoms with Gasteiger partial charge in [0.05, 0.1) is 17.1 Å². The number of carbonyl (C=O) groups is 1. The molecule has 1 saturated heterocycles. The van der Waals surface area contributed by atoms with Crippen LogP contribution in [0.25, 0.3) is 11.1 Å². The molecule has 2 aromatic heterocycles. The van der Waals surface area contributed by atoms with Gasteiger partial charge in [0.1, 0.15) is 5.82 Å². The van der Waals surface area contributed by atoms with Crippen molar-refractivity contribution in [3.63, 3.8) is 0 Å². The summed E-state index contributed by atoms with van der Waals surface area (Å²) >= 11 is 0. The van der Waals surface area contributed by atoms with E-state index in [0.717, 1.165) is 54.7 Å². The Bertz CT molecular complexity index is 1330. The molecule has 0 saturated carbocycles. The summed E-state index contributed by atoms with van der Waals surface area (Å²) in [5.74, 6) is 1.39. The number of amides is 1. The van der Waals surface area contributed by atoms with Crippen molar-refractivity contribution in [2.45, 2.75) is 41.0 Å². The van der Waals surface area contributed by atoms with E-state index in [2.05, 4.69) is 69.7 Å². The summed E-state index contributed by atoms with van der Waals surface area (Å²) in [5, 5.41) is 4.51. The smallest absolute Gasteiger partial charge is 0.222 e. The lowest BCUT2D eigenvalue weighted by molar-refractivity contribution is -0.131. The van der Waals surface area contributed by atoms with Crippen LogP contribution in [0.2, 0.25) is 0 Å². The summed E-state index contributed by atoms with van der Waals surface area (Å²) in [6.07, 6.45) is 8.69. The van der Waals surface area contributed by atoms with Gasteiger partial charge in [-0.1, -0.05) is 63.2 Å². The summed E-state index contributed by atoms with van der Waals surface area (Å²) in [7, 11) is 3.77. The van der Waals surface area contributed by atoms with Gasteiger partial charge in [0, 0.05) is 65.4 Å². The van der Waals surface area contributed by atoms with Gasteiger partial charge in [-0.05, 0) is 48.3 Å². The summed E-state index contributed by atoms with van der Waals surface area (Å²) < 4.78 is 1.93. The number of rotatable bonds is 6. The summed E-state index contributed by atoms with van der Waals surface area (Å²) in [4.78, 5) is 24.7. The highest BCUT2D eigenvalue weighted by Crippen LogP contribution is 2.31. The van der Waals surface area contributed by atoms with E-state index in [1.807, 2.05) is 74.8 Å². The molecule has 40 heavy (non-hydrogen) atoms. The Kier molecular flexibility index (Phi) is 11.4. The molecule has 1 aliphatic heterocycles. The number of aryl methyl sites for hydroxylation is 2. The van der Waals surface area contributed by atoms with E-state index in [9.17, 15) is 4.79 Å². The maximum atomic E-state index is 11.7. The van der Waals surface area contributed by atoms with Gasteiger partial charge >= 0.3 is 0 Å². The molecule has 1 aliphatic carbocycles. The molecule has 5 rings (SSSR count). The van der Waals surface area contributed by atoms with Gasteiger partial charge in [0.15, 0.2) is 0 Å². The van der Waals surface area contributed by atoms with Crippen molar-refractivity contribution in [3.8, 4) is 0 Å². The number of piperazine rings is 1. The molecular formula is C33H43N6O. The Labute approximate surface area is 240 Å². The lowest BCUT2D eigenvalue weighted by Crippen LogP contribution is -2.49. The summed E-state index contributed by atoms with van der Waals surface area (Å²) in [6, 6.07) is 16.5. The fraction of sp³-hybridized carbons (Fsp3) is 0.364. The minimum Gasteiger partial charge on any atom is -0.353 e. The molecule has 211 valence electrons. The largest absolute Gasteiger partial charge is 0.353 e. The van der Waals surface area contributed by atoms with Gasteiger partial charge in [0.25, 0.3) is 0 Å². The average Bonchev–Trinajstić information content (AvgIpc) is 3.79. The zero-order valence-electron chi connectivity index (χ0n) is 25.1. The van der Waals surface area contributed by atoms with Crippen LogP contribution in [0, 0.1) is 13.3 Å². The van der Waals surface area contributed by atoms with Crippen molar-refractivity contribution in [3.05, 3.63) is 95.8 Å². The molecular weight excluding hydrogens is 496 g/mol. The minimum absolute atomic E-state index is 0.253. The second-order valence-electron chi connectivity index (χ2n) is 9.54. The molecule has 0 unspecified atom stereocenters. The van der Waals surface area contributed by atoms with Gasteiger partial charge in [0.2, 0.25) is 5.91 Å². The molecule has 0 N–H and O–H groups in total. The Hall–Kier alpha value is -4.00. The number of aromatic nitrogens is 3. The zero-order valence-corrected chi connectivity index (χ0v) is 25.1. The summed E-state index contributed by atoms with van der Waals surface area (Å²) in [5.41, 5.74) is 7.62. The predicted octanol–water partition coefficient (Wildman–Crippen LogP) is 6.02. The lowest BCUT2D eigenvalue weighted by atomic mass is 10.0. The first-order valence-corrected chi connectivity index (χ1v) is 14.1. The molecule has 1 fully saturated rings. The number of hydrogen-bond acceptors (Lipinski definition) is 5. The van der Waals surface area contributed by atoms with Gasteiger partial charge in [-0.2, -0.15) is 5.10 Å². The third-order valence-corrected chi connectivity index (χ3v) is 6.74. The molecule has 2 aliphatic rings. The Morgan fingerprint density at radius 2 is 1.73 bits per heavy atom. The highest BCUT2D eigenvalue weighted by atomic mass is 16.2. The van der Waals surface area contributed by atoms with Crippen LogP contribution in [0.3, 0.4) is 0 Å². The second kappa shape index (κ2) is 15.0. The number of carbonyl (C=O) groups excluding carboxylic acids is 1. The van der Waals surface area contributed by atoms with Gasteiger partial charge < -0.3 is 9.80 Å². The van der Waals surface area contributed by atoms with Crippen molar-refractivity contribution >= 4 is 28.6 Å². The number of anilines is 1. The maximum Gasteiger partial charge on any atom is 0.222 e. The van der Waals surface area contributed by atoms with Crippen LogP contribution in [0.1, 0.15) is 56.6 Å². The molecule has 3 aromatic rings. The Balaban J connectivity index is 0.000000208. The first-order chi connectivity index (χ1) is 19.4. The van der Waals surface area contributed by atoms with E-state index < -0.39 is 0 Å². The molecule has 0 bridgehead atoms. The van der Waals surface area contributed by atoms with E-state index in [1.165, 1.54) is 16.7 Å². The minimum atomic E-state index is 0.253. The Morgan fingerprint density at radius 1 is 1.05 bits per heavy atom. The number of benzene rings is 1. The molecule has 0 spiro atoms. The van der Waals surface area contributed by atoms with Gasteiger partial charge in [-0.25, -0.2) is 0 Å². The van der Waals surface area contributed by atoms with Crippen molar-refractivity contribution in [1.29, 1.82) is 0 Å². The number of hydrogen-bond donors (Lipinski definition) is 0. The van der Waals surface area contributed by atoms with Crippen LogP contribution in [-0.4, -0.2) is 64.5 Å². The van der Waals surface area contributed by atoms with E-state index in [4.69, 9.17) is 0 Å². The zero-order chi connectivity index (χ0) is 29.1. The van der Waals surface area contributed by atoms with Crippen LogP contribution < -0.4 is 4.90 Å². The topological polar surface area (TPSA) is 66.6 Å². The van der Waals surface area contributed by atoms with Crippen molar-refractivity contribution < 1.29 is 4.79 Å². The van der Waals surface area contributed by atoms with E-state index >= 15 is 0 Å². The van der Waals surface area contributed by atoms with Crippen molar-refractivity contribution in [2.24, 2.45) is 12.0 Å². The first kappa shape index (κ1) is 30.5. The molecule has 0 atom stereocenters. The normalized spacial score (nSPS) is 14.9. The number of aliphatic imine (C=N–C) groups is 1. The van der Waals surface area contributed by atoms with Gasteiger partial charge in [-0.15, -0.1) is 0 Å².